The summed E-state index contributed by atoms with van der Waals surface area (Å²) in [6, 6.07) is 12.4. The van der Waals surface area contributed by atoms with Crippen LogP contribution in [0.15, 0.2) is 47.8 Å². The summed E-state index contributed by atoms with van der Waals surface area (Å²) in [6.45, 7) is 2.12. The summed E-state index contributed by atoms with van der Waals surface area (Å²) in [5.74, 6) is -0.886. The van der Waals surface area contributed by atoms with Gasteiger partial charge in [-0.15, -0.1) is 11.3 Å². The summed E-state index contributed by atoms with van der Waals surface area (Å²) in [5, 5.41) is 11.8. The summed E-state index contributed by atoms with van der Waals surface area (Å²) in [5.41, 5.74) is 4.44. The predicted octanol–water partition coefficient (Wildman–Crippen LogP) is 3.89. The summed E-state index contributed by atoms with van der Waals surface area (Å²) in [7, 11) is -3.26. The standard InChI is InChI=1S/C20H18N2O4S2/c1-2-28(25,26)22-9-8-14-10-13(6-7-18(14)22)17-12-27-19(21-17)15-4-3-5-16(11-15)20(23)24/h3-7,10-12H,2,8-9H2,1H3,(H,23,24). The van der Waals surface area contributed by atoms with E-state index in [1.54, 1.807) is 25.1 Å². The van der Waals surface area contributed by atoms with Gasteiger partial charge in [-0.25, -0.2) is 18.2 Å². The summed E-state index contributed by atoms with van der Waals surface area (Å²) < 4.78 is 25.9. The molecule has 0 amide bonds. The number of aromatic carboxylic acids is 1. The van der Waals surface area contributed by atoms with Gasteiger partial charge in [-0.3, -0.25) is 4.31 Å². The number of nitrogens with zero attached hydrogens (tertiary/aromatic N) is 2. The molecule has 0 saturated carbocycles. The topological polar surface area (TPSA) is 87.6 Å². The van der Waals surface area contributed by atoms with Crippen LogP contribution in [0, 0.1) is 0 Å². The van der Waals surface area contributed by atoms with E-state index in [-0.39, 0.29) is 11.3 Å². The number of carboxylic acids is 1. The van der Waals surface area contributed by atoms with Crippen LogP contribution in [0.5, 0.6) is 0 Å². The fourth-order valence-corrected chi connectivity index (χ4v) is 5.28. The Labute approximate surface area is 167 Å². The first-order valence-electron chi connectivity index (χ1n) is 8.82. The molecule has 6 nitrogen and oxygen atoms in total. The van der Waals surface area contributed by atoms with E-state index in [9.17, 15) is 13.2 Å². The predicted molar refractivity (Wildman–Crippen MR) is 110 cm³/mol. The molecule has 144 valence electrons. The Kier molecular flexibility index (Phi) is 4.68. The van der Waals surface area contributed by atoms with Crippen LogP contribution in [0.25, 0.3) is 21.8 Å². The molecule has 1 aromatic heterocycles. The summed E-state index contributed by atoms with van der Waals surface area (Å²) >= 11 is 1.45. The number of thiazole rings is 1. The Morgan fingerprint density at radius 2 is 2.04 bits per heavy atom. The molecule has 0 spiro atoms. The first-order chi connectivity index (χ1) is 13.4. The number of anilines is 1. The number of benzene rings is 2. The van der Waals surface area contributed by atoms with Gasteiger partial charge in [-0.05, 0) is 43.2 Å². The molecule has 0 saturated heterocycles. The highest BCUT2D eigenvalue weighted by molar-refractivity contribution is 7.92. The number of aromatic nitrogens is 1. The third-order valence-corrected chi connectivity index (χ3v) is 7.46. The Balaban J connectivity index is 1.66. The van der Waals surface area contributed by atoms with Crippen molar-refractivity contribution in [2.24, 2.45) is 0 Å². The zero-order valence-electron chi connectivity index (χ0n) is 15.1. The van der Waals surface area contributed by atoms with Crippen molar-refractivity contribution in [1.82, 2.24) is 4.98 Å². The van der Waals surface area contributed by atoms with Crippen LogP contribution in [0.1, 0.15) is 22.8 Å². The van der Waals surface area contributed by atoms with Crippen LogP contribution < -0.4 is 4.31 Å². The molecule has 28 heavy (non-hydrogen) atoms. The lowest BCUT2D eigenvalue weighted by molar-refractivity contribution is 0.0697. The zero-order valence-corrected chi connectivity index (χ0v) is 16.8. The minimum atomic E-state index is -3.26. The molecule has 1 aliphatic rings. The zero-order chi connectivity index (χ0) is 19.9. The Morgan fingerprint density at radius 1 is 1.21 bits per heavy atom. The molecular weight excluding hydrogens is 396 g/mol. The van der Waals surface area contributed by atoms with Crippen LogP contribution in [-0.4, -0.2) is 36.8 Å². The maximum absolute atomic E-state index is 12.2. The summed E-state index contributed by atoms with van der Waals surface area (Å²) in [6.07, 6.45) is 0.681. The number of carbonyl (C=O) groups is 1. The van der Waals surface area contributed by atoms with E-state index in [0.717, 1.165) is 33.1 Å². The molecule has 1 aliphatic heterocycles. The minimum absolute atomic E-state index is 0.0824. The third-order valence-electron chi connectivity index (χ3n) is 4.79. The van der Waals surface area contributed by atoms with Gasteiger partial charge in [-0.1, -0.05) is 18.2 Å². The van der Waals surface area contributed by atoms with Gasteiger partial charge >= 0.3 is 5.97 Å². The van der Waals surface area contributed by atoms with Crippen molar-refractivity contribution in [3.63, 3.8) is 0 Å². The van der Waals surface area contributed by atoms with E-state index in [1.807, 2.05) is 29.6 Å². The average Bonchev–Trinajstić information content (AvgIpc) is 3.35. The van der Waals surface area contributed by atoms with Crippen molar-refractivity contribution in [2.45, 2.75) is 13.3 Å². The van der Waals surface area contributed by atoms with E-state index in [0.29, 0.717) is 13.0 Å². The SMILES string of the molecule is CCS(=O)(=O)N1CCc2cc(-c3csc(-c4cccc(C(=O)O)c4)n3)ccc21. The molecule has 0 unspecified atom stereocenters. The fourth-order valence-electron chi connectivity index (χ4n) is 3.30. The van der Waals surface area contributed by atoms with Crippen molar-refractivity contribution in [2.75, 3.05) is 16.6 Å². The number of rotatable bonds is 5. The lowest BCUT2D eigenvalue weighted by Gasteiger charge is -2.18. The first kappa shape index (κ1) is 18.6. The highest BCUT2D eigenvalue weighted by atomic mass is 32.2. The number of carboxylic acid groups (broad SMARTS) is 1. The van der Waals surface area contributed by atoms with E-state index < -0.39 is 16.0 Å². The van der Waals surface area contributed by atoms with Crippen LogP contribution in [0.3, 0.4) is 0 Å². The van der Waals surface area contributed by atoms with Crippen LogP contribution in [0.4, 0.5) is 5.69 Å². The molecule has 2 aromatic carbocycles. The van der Waals surface area contributed by atoms with Gasteiger partial charge in [0.2, 0.25) is 10.0 Å². The van der Waals surface area contributed by atoms with Gasteiger partial charge in [0.05, 0.1) is 22.7 Å². The van der Waals surface area contributed by atoms with Gasteiger partial charge < -0.3 is 5.11 Å². The van der Waals surface area contributed by atoms with Gasteiger partial charge in [0, 0.05) is 23.1 Å². The van der Waals surface area contributed by atoms with E-state index >= 15 is 0 Å². The lowest BCUT2D eigenvalue weighted by Crippen LogP contribution is -2.30. The lowest BCUT2D eigenvalue weighted by atomic mass is 10.1. The van der Waals surface area contributed by atoms with Gasteiger partial charge in [0.25, 0.3) is 0 Å². The molecule has 0 radical (unpaired) electrons. The molecule has 1 N–H and O–H groups in total. The number of hydrogen-bond acceptors (Lipinski definition) is 5. The smallest absolute Gasteiger partial charge is 0.335 e. The van der Waals surface area contributed by atoms with Crippen molar-refractivity contribution >= 4 is 33.0 Å². The maximum atomic E-state index is 12.2. The molecule has 0 aliphatic carbocycles. The normalized spacial score (nSPS) is 13.5. The monoisotopic (exact) mass is 414 g/mol. The Bertz CT molecular complexity index is 1170. The average molecular weight is 415 g/mol. The van der Waals surface area contributed by atoms with E-state index in [4.69, 9.17) is 5.11 Å². The molecule has 8 heteroatoms. The quantitative estimate of drug-likeness (QED) is 0.684. The molecule has 3 aromatic rings. The van der Waals surface area contributed by atoms with Crippen molar-refractivity contribution in [3.05, 3.63) is 59.0 Å². The fraction of sp³-hybridized carbons (Fsp3) is 0.200. The highest BCUT2D eigenvalue weighted by Gasteiger charge is 2.28. The van der Waals surface area contributed by atoms with Crippen LogP contribution in [0.2, 0.25) is 0 Å². The Hall–Kier alpha value is -2.71. The second-order valence-corrected chi connectivity index (χ2v) is 9.53. The Morgan fingerprint density at radius 3 is 2.79 bits per heavy atom. The third kappa shape index (κ3) is 3.29. The molecular formula is C20H18N2O4S2. The van der Waals surface area contributed by atoms with Crippen LogP contribution in [-0.2, 0) is 16.4 Å². The second-order valence-electron chi connectivity index (χ2n) is 6.49. The maximum Gasteiger partial charge on any atom is 0.335 e. The largest absolute Gasteiger partial charge is 0.478 e. The second kappa shape index (κ2) is 7.03. The molecule has 0 atom stereocenters. The molecule has 2 heterocycles. The minimum Gasteiger partial charge on any atom is -0.478 e. The van der Waals surface area contributed by atoms with Crippen LogP contribution >= 0.6 is 11.3 Å². The van der Waals surface area contributed by atoms with Crippen molar-refractivity contribution < 1.29 is 18.3 Å². The number of hydrogen-bond donors (Lipinski definition) is 1. The number of fused-ring (bicyclic) bond motifs is 1. The van der Waals surface area contributed by atoms with Gasteiger partial charge in [0.15, 0.2) is 0 Å². The van der Waals surface area contributed by atoms with E-state index in [2.05, 4.69) is 4.98 Å². The molecule has 4 rings (SSSR count). The van der Waals surface area contributed by atoms with Gasteiger partial charge in [0.1, 0.15) is 5.01 Å². The van der Waals surface area contributed by atoms with E-state index in [1.165, 1.54) is 15.6 Å². The molecule has 0 fully saturated rings. The van der Waals surface area contributed by atoms with Crippen molar-refractivity contribution in [1.29, 1.82) is 0 Å². The first-order valence-corrected chi connectivity index (χ1v) is 11.3. The number of sulfonamides is 1. The van der Waals surface area contributed by atoms with Crippen molar-refractivity contribution in [3.8, 4) is 21.8 Å². The molecule has 0 bridgehead atoms. The van der Waals surface area contributed by atoms with Gasteiger partial charge in [-0.2, -0.15) is 0 Å². The summed E-state index contributed by atoms with van der Waals surface area (Å²) in [4.78, 5) is 15.8. The highest BCUT2D eigenvalue weighted by Crippen LogP contribution is 2.35.